The third-order valence-corrected chi connectivity index (χ3v) is 6.52. The smallest absolute Gasteiger partial charge is 0.192 e. The topological polar surface area (TPSA) is 52.5 Å². The molecule has 1 N–H and O–H groups in total. The fourth-order valence-electron chi connectivity index (χ4n) is 4.51. The third kappa shape index (κ3) is 4.34. The van der Waals surface area contributed by atoms with Gasteiger partial charge in [0.25, 0.3) is 0 Å². The fourth-order valence-corrected chi connectivity index (χ4v) is 4.69. The van der Waals surface area contributed by atoms with Crippen LogP contribution in [-0.4, -0.2) is 42.6 Å². The SMILES string of the molecule is O=c1ccoc2ccc(N3CCN(CCCCc4c[nH]c5cc(Cl)ccc45)CC3)cc12. The molecule has 5 rings (SSSR count). The van der Waals surface area contributed by atoms with Crippen molar-refractivity contribution < 1.29 is 4.42 Å². The number of halogens is 1. The maximum absolute atomic E-state index is 12.1. The van der Waals surface area contributed by atoms with E-state index in [9.17, 15) is 4.79 Å². The number of hydrogen-bond donors (Lipinski definition) is 1. The maximum atomic E-state index is 12.1. The molecule has 0 spiro atoms. The lowest BCUT2D eigenvalue weighted by Gasteiger charge is -2.36. The first-order chi connectivity index (χ1) is 15.2. The normalized spacial score (nSPS) is 15.2. The molecule has 0 unspecified atom stereocenters. The minimum atomic E-state index is 0.0139. The highest BCUT2D eigenvalue weighted by Crippen LogP contribution is 2.24. The molecule has 0 aliphatic carbocycles. The summed E-state index contributed by atoms with van der Waals surface area (Å²) in [5, 5.41) is 2.71. The van der Waals surface area contributed by atoms with Crippen LogP contribution in [0, 0.1) is 0 Å². The van der Waals surface area contributed by atoms with Gasteiger partial charge >= 0.3 is 0 Å². The van der Waals surface area contributed by atoms with Gasteiger partial charge in [-0.15, -0.1) is 0 Å². The highest BCUT2D eigenvalue weighted by molar-refractivity contribution is 6.31. The van der Waals surface area contributed by atoms with Gasteiger partial charge in [-0.3, -0.25) is 9.69 Å². The van der Waals surface area contributed by atoms with Crippen LogP contribution in [0.1, 0.15) is 18.4 Å². The van der Waals surface area contributed by atoms with Crippen molar-refractivity contribution in [3.63, 3.8) is 0 Å². The Labute approximate surface area is 186 Å². The van der Waals surface area contributed by atoms with Crippen LogP contribution in [0.25, 0.3) is 21.9 Å². The molecule has 5 nitrogen and oxygen atoms in total. The summed E-state index contributed by atoms with van der Waals surface area (Å²) in [6, 6.07) is 13.5. The molecular formula is C25H26ClN3O2. The molecule has 0 saturated carbocycles. The van der Waals surface area contributed by atoms with E-state index in [0.717, 1.165) is 55.4 Å². The molecule has 0 amide bonds. The van der Waals surface area contributed by atoms with Gasteiger partial charge in [0.2, 0.25) is 0 Å². The fraction of sp³-hybridized carbons (Fsp3) is 0.320. The minimum Gasteiger partial charge on any atom is -0.464 e. The van der Waals surface area contributed by atoms with Crippen molar-refractivity contribution in [2.45, 2.75) is 19.3 Å². The molecule has 3 heterocycles. The van der Waals surface area contributed by atoms with E-state index >= 15 is 0 Å². The van der Waals surface area contributed by atoms with Crippen LogP contribution in [0.2, 0.25) is 5.02 Å². The van der Waals surface area contributed by atoms with Crippen LogP contribution in [-0.2, 0) is 6.42 Å². The zero-order valence-corrected chi connectivity index (χ0v) is 18.2. The van der Waals surface area contributed by atoms with Crippen molar-refractivity contribution in [2.24, 2.45) is 0 Å². The first-order valence-electron chi connectivity index (χ1n) is 10.9. The number of aromatic nitrogens is 1. The van der Waals surface area contributed by atoms with Gasteiger partial charge in [-0.25, -0.2) is 0 Å². The minimum absolute atomic E-state index is 0.0139. The van der Waals surface area contributed by atoms with Gasteiger partial charge in [-0.2, -0.15) is 0 Å². The van der Waals surface area contributed by atoms with E-state index in [2.05, 4.69) is 33.1 Å². The predicted molar refractivity (Wildman–Crippen MR) is 127 cm³/mol. The van der Waals surface area contributed by atoms with Crippen LogP contribution in [0.5, 0.6) is 0 Å². The van der Waals surface area contributed by atoms with E-state index < -0.39 is 0 Å². The van der Waals surface area contributed by atoms with Crippen LogP contribution < -0.4 is 10.3 Å². The average molecular weight is 436 g/mol. The molecule has 1 aliphatic rings. The van der Waals surface area contributed by atoms with Crippen molar-refractivity contribution >= 4 is 39.2 Å². The first kappa shape index (κ1) is 20.2. The van der Waals surface area contributed by atoms with E-state index in [0.29, 0.717) is 11.0 Å². The number of benzene rings is 2. The summed E-state index contributed by atoms with van der Waals surface area (Å²) in [6.07, 6.45) is 7.02. The number of H-pyrrole nitrogens is 1. The van der Waals surface area contributed by atoms with E-state index in [-0.39, 0.29) is 5.43 Å². The van der Waals surface area contributed by atoms with Gasteiger partial charge in [-0.05, 0) is 61.7 Å². The summed E-state index contributed by atoms with van der Waals surface area (Å²) in [5.41, 5.74) is 4.25. The summed E-state index contributed by atoms with van der Waals surface area (Å²) in [7, 11) is 0. The number of rotatable bonds is 6. The number of nitrogens with one attached hydrogen (secondary N) is 1. The van der Waals surface area contributed by atoms with Gasteiger partial charge in [0.1, 0.15) is 5.58 Å². The molecule has 6 heteroatoms. The van der Waals surface area contributed by atoms with Gasteiger partial charge in [0.15, 0.2) is 5.43 Å². The molecule has 4 aromatic rings. The second kappa shape index (κ2) is 8.77. The number of anilines is 1. The predicted octanol–water partition coefficient (Wildman–Crippen LogP) is 5.07. The first-order valence-corrected chi connectivity index (χ1v) is 11.3. The number of piperazine rings is 1. The van der Waals surface area contributed by atoms with E-state index in [4.69, 9.17) is 16.0 Å². The number of unbranched alkanes of at least 4 members (excludes halogenated alkanes) is 1. The quantitative estimate of drug-likeness (QED) is 0.429. The largest absolute Gasteiger partial charge is 0.464 e. The van der Waals surface area contributed by atoms with Gasteiger partial charge in [0, 0.05) is 60.1 Å². The Balaban J connectivity index is 1.11. The van der Waals surface area contributed by atoms with E-state index in [1.165, 1.54) is 36.1 Å². The number of fused-ring (bicyclic) bond motifs is 2. The van der Waals surface area contributed by atoms with Crippen LogP contribution >= 0.6 is 11.6 Å². The summed E-state index contributed by atoms with van der Waals surface area (Å²) in [5.74, 6) is 0. The zero-order valence-electron chi connectivity index (χ0n) is 17.4. The zero-order chi connectivity index (χ0) is 21.2. The molecule has 31 heavy (non-hydrogen) atoms. The molecule has 1 fully saturated rings. The van der Waals surface area contributed by atoms with Gasteiger partial charge in [0.05, 0.1) is 11.6 Å². The summed E-state index contributed by atoms with van der Waals surface area (Å²) in [4.78, 5) is 20.3. The lowest BCUT2D eigenvalue weighted by Crippen LogP contribution is -2.46. The van der Waals surface area contributed by atoms with Crippen molar-refractivity contribution in [1.82, 2.24) is 9.88 Å². The van der Waals surface area contributed by atoms with E-state index in [1.807, 2.05) is 24.3 Å². The number of aromatic amines is 1. The second-order valence-electron chi connectivity index (χ2n) is 8.25. The molecule has 160 valence electrons. The Kier molecular flexibility index (Phi) is 5.70. The monoisotopic (exact) mass is 435 g/mol. The molecule has 1 saturated heterocycles. The Hall–Kier alpha value is -2.76. The molecule has 0 bridgehead atoms. The third-order valence-electron chi connectivity index (χ3n) is 6.28. The van der Waals surface area contributed by atoms with Gasteiger partial charge in [-0.1, -0.05) is 17.7 Å². The van der Waals surface area contributed by atoms with Crippen molar-refractivity contribution in [1.29, 1.82) is 0 Å². The lowest BCUT2D eigenvalue weighted by atomic mass is 10.1. The standard InChI is InChI=1S/C25H26ClN3O2/c26-19-4-6-21-18(17-27-23(21)15-19)3-1-2-9-28-10-12-29(13-11-28)20-5-7-25-22(16-20)24(30)8-14-31-25/h4-8,14-17,27H,1-3,9-13H2. The van der Waals surface area contributed by atoms with Crippen molar-refractivity contribution in [3.8, 4) is 0 Å². The molecule has 0 radical (unpaired) electrons. The van der Waals surface area contributed by atoms with Crippen LogP contribution in [0.3, 0.4) is 0 Å². The Morgan fingerprint density at radius 1 is 0.968 bits per heavy atom. The van der Waals surface area contributed by atoms with Crippen LogP contribution in [0.15, 0.2) is 64.1 Å². The molecule has 1 aliphatic heterocycles. The Bertz CT molecular complexity index is 1250. The van der Waals surface area contributed by atoms with Crippen LogP contribution in [0.4, 0.5) is 5.69 Å². The number of nitrogens with zero attached hydrogens (tertiary/aromatic N) is 2. The summed E-state index contributed by atoms with van der Waals surface area (Å²) >= 11 is 6.08. The van der Waals surface area contributed by atoms with Crippen molar-refractivity contribution in [2.75, 3.05) is 37.6 Å². The number of hydrogen-bond acceptors (Lipinski definition) is 4. The molecule has 2 aromatic heterocycles. The highest BCUT2D eigenvalue weighted by atomic mass is 35.5. The Morgan fingerprint density at radius 3 is 2.71 bits per heavy atom. The summed E-state index contributed by atoms with van der Waals surface area (Å²) < 4.78 is 5.43. The maximum Gasteiger partial charge on any atom is 0.192 e. The van der Waals surface area contributed by atoms with E-state index in [1.54, 1.807) is 0 Å². The highest BCUT2D eigenvalue weighted by Gasteiger charge is 2.17. The number of aryl methyl sites for hydroxylation is 1. The molecular weight excluding hydrogens is 410 g/mol. The average Bonchev–Trinajstić information content (AvgIpc) is 3.19. The van der Waals surface area contributed by atoms with Gasteiger partial charge < -0.3 is 14.3 Å². The lowest BCUT2D eigenvalue weighted by molar-refractivity contribution is 0.253. The summed E-state index contributed by atoms with van der Waals surface area (Å²) in [6.45, 7) is 5.18. The Morgan fingerprint density at radius 2 is 1.84 bits per heavy atom. The molecule has 2 aromatic carbocycles. The molecule has 0 atom stereocenters. The van der Waals surface area contributed by atoms with Crippen molar-refractivity contribution in [3.05, 3.63) is 75.7 Å². The second-order valence-corrected chi connectivity index (χ2v) is 8.69.